The molecule has 492 valence electrons. The number of carbonyl (C=O) groups is 1. The van der Waals surface area contributed by atoms with Gasteiger partial charge < -0.3 is 19.8 Å². The Kier molecular flexibility index (Phi) is 63.8. The van der Waals surface area contributed by atoms with Gasteiger partial charge in [0.25, 0.3) is 0 Å². The van der Waals surface area contributed by atoms with E-state index in [9.17, 15) is 19.4 Å². The van der Waals surface area contributed by atoms with Gasteiger partial charge >= 0.3 is 7.82 Å². The fourth-order valence-corrected chi connectivity index (χ4v) is 11.6. The highest BCUT2D eigenvalue weighted by atomic mass is 31.2. The molecule has 0 aromatic heterocycles. The Morgan fingerprint density at radius 3 is 1.10 bits per heavy atom. The number of amides is 1. The first-order valence-corrected chi connectivity index (χ1v) is 37.8. The molecule has 3 unspecified atom stereocenters. The summed E-state index contributed by atoms with van der Waals surface area (Å²) in [7, 11) is 1.57. The van der Waals surface area contributed by atoms with Gasteiger partial charge in [0.1, 0.15) is 13.2 Å². The number of unbranched alkanes of at least 4 members (excludes halogenated alkanes) is 44. The van der Waals surface area contributed by atoms with Gasteiger partial charge in [-0.05, 0) is 70.6 Å². The van der Waals surface area contributed by atoms with Gasteiger partial charge in [0.15, 0.2) is 0 Å². The van der Waals surface area contributed by atoms with Crippen molar-refractivity contribution in [2.75, 3.05) is 40.9 Å². The molecule has 0 radical (unpaired) electrons. The van der Waals surface area contributed by atoms with Crippen LogP contribution in [0.15, 0.2) is 72.9 Å². The summed E-state index contributed by atoms with van der Waals surface area (Å²) in [6.45, 7) is 4.72. The molecule has 1 amide bonds. The third kappa shape index (κ3) is 67.4. The molecule has 0 fully saturated rings. The monoisotopic (exact) mass is 1200 g/mol. The lowest BCUT2D eigenvalue weighted by atomic mass is 10.0. The second kappa shape index (κ2) is 65.4. The normalized spacial score (nSPS) is 14.0. The van der Waals surface area contributed by atoms with Gasteiger partial charge in [0, 0.05) is 6.42 Å². The molecule has 0 aliphatic heterocycles. The van der Waals surface area contributed by atoms with E-state index < -0.39 is 20.0 Å². The topological polar surface area (TPSA) is 105 Å². The number of allylic oxidation sites excluding steroid dienone is 11. The van der Waals surface area contributed by atoms with E-state index >= 15 is 0 Å². The first-order valence-electron chi connectivity index (χ1n) is 36.3. The zero-order valence-corrected chi connectivity index (χ0v) is 57.3. The molecule has 0 aliphatic carbocycles. The molecule has 0 rings (SSSR count). The van der Waals surface area contributed by atoms with Crippen LogP contribution in [0.5, 0.6) is 0 Å². The number of phosphoric ester groups is 1. The number of likely N-dealkylation sites (N-methyl/N-ethyl adjacent to an activating group) is 1. The van der Waals surface area contributed by atoms with Gasteiger partial charge in [-0.25, -0.2) is 4.57 Å². The molecule has 9 heteroatoms. The van der Waals surface area contributed by atoms with E-state index in [4.69, 9.17) is 9.05 Å². The van der Waals surface area contributed by atoms with E-state index in [1.165, 1.54) is 263 Å². The van der Waals surface area contributed by atoms with Gasteiger partial charge in [-0.2, -0.15) is 0 Å². The van der Waals surface area contributed by atoms with Crippen LogP contribution >= 0.6 is 7.82 Å². The molecule has 0 aliphatic rings. The number of rotatable bonds is 67. The molecule has 0 bridgehead atoms. The molecule has 0 aromatic rings. The molecule has 0 saturated heterocycles. The number of phosphoric acid groups is 1. The molecular formula is C75H142N2O6P+. The van der Waals surface area contributed by atoms with E-state index in [0.717, 1.165) is 64.2 Å². The maximum absolute atomic E-state index is 13.0. The highest BCUT2D eigenvalue weighted by molar-refractivity contribution is 7.47. The summed E-state index contributed by atoms with van der Waals surface area (Å²) >= 11 is 0. The van der Waals surface area contributed by atoms with Crippen LogP contribution in [-0.2, 0) is 18.4 Å². The zero-order chi connectivity index (χ0) is 61.2. The van der Waals surface area contributed by atoms with Crippen molar-refractivity contribution in [2.24, 2.45) is 0 Å². The van der Waals surface area contributed by atoms with E-state index in [1.807, 2.05) is 27.2 Å². The SMILES string of the molecule is CC/C=C\C/C=C\C/C=C\C/C=C\CCCCCCCCCCCCCCCCCCCCCCCCCCCCCCC(=O)NC(COP(=O)(O)OCC[N+](C)(C)C)C(O)/C=C/CC/C=C/CCCCCCCCCCCCCCCCC. The molecule has 0 aromatic carbocycles. The van der Waals surface area contributed by atoms with Gasteiger partial charge in [-0.1, -0.05) is 344 Å². The lowest BCUT2D eigenvalue weighted by Crippen LogP contribution is -2.45. The Hall–Kier alpha value is -2.06. The van der Waals surface area contributed by atoms with Crippen LogP contribution in [0, 0.1) is 0 Å². The van der Waals surface area contributed by atoms with E-state index in [0.29, 0.717) is 17.4 Å². The van der Waals surface area contributed by atoms with Gasteiger partial charge in [-0.15, -0.1) is 0 Å². The number of quaternary nitrogens is 1. The maximum atomic E-state index is 13.0. The second-order valence-electron chi connectivity index (χ2n) is 25.9. The van der Waals surface area contributed by atoms with Crippen molar-refractivity contribution in [1.29, 1.82) is 0 Å². The molecule has 84 heavy (non-hydrogen) atoms. The number of hydrogen-bond donors (Lipinski definition) is 3. The first-order chi connectivity index (χ1) is 41.0. The van der Waals surface area contributed by atoms with Crippen molar-refractivity contribution in [3.05, 3.63) is 72.9 Å². The molecule has 8 nitrogen and oxygen atoms in total. The summed E-state index contributed by atoms with van der Waals surface area (Å²) in [5.41, 5.74) is 0. The highest BCUT2D eigenvalue weighted by Gasteiger charge is 2.28. The average Bonchev–Trinajstić information content (AvgIpc) is 3.56. The highest BCUT2D eigenvalue weighted by Crippen LogP contribution is 2.43. The minimum Gasteiger partial charge on any atom is -0.387 e. The number of aliphatic hydroxyl groups excluding tert-OH is 1. The molecule has 0 spiro atoms. The van der Waals surface area contributed by atoms with Gasteiger partial charge in [0.2, 0.25) is 5.91 Å². The predicted octanol–water partition coefficient (Wildman–Crippen LogP) is 23.3. The minimum atomic E-state index is -4.36. The Labute approximate surface area is 523 Å². The first kappa shape index (κ1) is 81.9. The van der Waals surface area contributed by atoms with Crippen LogP contribution in [0.2, 0.25) is 0 Å². The number of aliphatic hydroxyl groups is 1. The average molecular weight is 1200 g/mol. The fraction of sp³-hybridized carbons (Fsp3) is 0.827. The van der Waals surface area contributed by atoms with E-state index in [-0.39, 0.29) is 19.1 Å². The molecule has 3 N–H and O–H groups in total. The van der Waals surface area contributed by atoms with Crippen molar-refractivity contribution in [3.63, 3.8) is 0 Å². The largest absolute Gasteiger partial charge is 0.472 e. The van der Waals surface area contributed by atoms with Crippen LogP contribution in [0.3, 0.4) is 0 Å². The number of hydrogen-bond acceptors (Lipinski definition) is 5. The van der Waals surface area contributed by atoms with Crippen molar-refractivity contribution >= 4 is 13.7 Å². The molecule has 3 atom stereocenters. The summed E-state index contributed by atoms with van der Waals surface area (Å²) < 4.78 is 23.8. The second-order valence-corrected chi connectivity index (χ2v) is 27.4. The van der Waals surface area contributed by atoms with Crippen molar-refractivity contribution in [1.82, 2.24) is 5.32 Å². The molecular weight excluding hydrogens is 1060 g/mol. The number of nitrogens with one attached hydrogen (secondary N) is 1. The fourth-order valence-electron chi connectivity index (χ4n) is 10.8. The quantitative estimate of drug-likeness (QED) is 0.0243. The standard InChI is InChI=1S/C75H141N2O6P/c1-6-8-10-12-14-16-18-20-22-24-26-28-29-30-31-32-33-34-35-36-37-38-39-40-41-42-43-44-45-46-47-49-51-53-55-57-59-61-63-65-67-69-75(79)76-73(72-83-84(80,81)82-71-70-77(3,4)5)74(78)68-66-64-62-60-58-56-54-52-50-48-27-25-23-21-19-17-15-13-11-9-7-2/h8,10,14,16,20,22,26,28,58,60,66,68,73-74,78H,6-7,9,11-13,15,17-19,21,23-25,27,29-57,59,61-65,67,69-72H2,1-5H3,(H-,76,79,80,81)/p+1/b10-8-,16-14-,22-20-,28-26-,60-58+,68-66+. The molecule has 0 saturated carbocycles. The maximum Gasteiger partial charge on any atom is 0.472 e. The Morgan fingerprint density at radius 1 is 0.417 bits per heavy atom. The smallest absolute Gasteiger partial charge is 0.387 e. The lowest BCUT2D eigenvalue weighted by molar-refractivity contribution is -0.870. The van der Waals surface area contributed by atoms with Crippen LogP contribution in [0.25, 0.3) is 0 Å². The van der Waals surface area contributed by atoms with Crippen molar-refractivity contribution in [3.8, 4) is 0 Å². The van der Waals surface area contributed by atoms with Crippen molar-refractivity contribution in [2.45, 2.75) is 360 Å². The lowest BCUT2D eigenvalue weighted by Gasteiger charge is -2.25. The van der Waals surface area contributed by atoms with Gasteiger partial charge in [0.05, 0.1) is 39.9 Å². The summed E-state index contributed by atoms with van der Waals surface area (Å²) in [6.07, 6.45) is 92.2. The predicted molar refractivity (Wildman–Crippen MR) is 369 cm³/mol. The van der Waals surface area contributed by atoms with Crippen LogP contribution in [-0.4, -0.2) is 73.4 Å². The van der Waals surface area contributed by atoms with E-state index in [1.54, 1.807) is 6.08 Å². The Bertz CT molecular complexity index is 1600. The summed E-state index contributed by atoms with van der Waals surface area (Å²) in [5.74, 6) is -0.181. The van der Waals surface area contributed by atoms with Crippen LogP contribution in [0.4, 0.5) is 0 Å². The van der Waals surface area contributed by atoms with Crippen molar-refractivity contribution < 1.29 is 32.9 Å². The van der Waals surface area contributed by atoms with E-state index in [2.05, 4.69) is 79.9 Å². The zero-order valence-electron chi connectivity index (χ0n) is 56.4. The summed E-state index contributed by atoms with van der Waals surface area (Å²) in [4.78, 5) is 23.4. The summed E-state index contributed by atoms with van der Waals surface area (Å²) in [6, 6.07) is -0.864. The summed E-state index contributed by atoms with van der Waals surface area (Å²) in [5, 5.41) is 14.0. The Balaban J connectivity index is 3.93. The minimum absolute atomic E-state index is 0.0569. The third-order valence-corrected chi connectivity index (χ3v) is 17.4. The Morgan fingerprint density at radius 2 is 0.726 bits per heavy atom. The van der Waals surface area contributed by atoms with Crippen LogP contribution in [0.1, 0.15) is 348 Å². The van der Waals surface area contributed by atoms with Crippen LogP contribution < -0.4 is 5.32 Å². The number of nitrogens with zero attached hydrogens (tertiary/aromatic N) is 1. The molecule has 0 heterocycles. The van der Waals surface area contributed by atoms with Gasteiger partial charge in [-0.3, -0.25) is 13.8 Å². The third-order valence-electron chi connectivity index (χ3n) is 16.4. The number of carbonyl (C=O) groups excluding carboxylic acids is 1.